The molecular weight excluding hydrogens is 258 g/mol. The number of methoxy groups -OCH3 is 1. The largest absolute Gasteiger partial charge is 0.497 e. The Bertz CT molecular complexity index is 449. The van der Waals surface area contributed by atoms with Gasteiger partial charge in [-0.15, -0.1) is 0 Å². The fourth-order valence-corrected chi connectivity index (χ4v) is 2.15. The minimum Gasteiger partial charge on any atom is -0.497 e. The number of amides is 1. The molecule has 1 aliphatic rings. The number of ether oxygens (including phenoxy) is 3. The molecule has 0 radical (unpaired) electrons. The zero-order chi connectivity index (χ0) is 14.4. The van der Waals surface area contributed by atoms with Crippen molar-refractivity contribution in [2.45, 2.75) is 19.4 Å². The number of nitrogens with zero attached hydrogens (tertiary/aromatic N) is 1. The third kappa shape index (κ3) is 3.87. The van der Waals surface area contributed by atoms with E-state index in [0.717, 1.165) is 11.5 Å². The summed E-state index contributed by atoms with van der Waals surface area (Å²) < 4.78 is 16.5. The molecule has 1 fully saturated rings. The van der Waals surface area contributed by atoms with Crippen LogP contribution in [0.2, 0.25) is 0 Å². The normalized spacial score (nSPS) is 18.7. The average molecular weight is 279 g/mol. The van der Waals surface area contributed by atoms with E-state index in [9.17, 15) is 4.79 Å². The van der Waals surface area contributed by atoms with Crippen LogP contribution >= 0.6 is 0 Å². The van der Waals surface area contributed by atoms with Crippen molar-refractivity contribution < 1.29 is 19.0 Å². The Hall–Kier alpha value is -1.75. The monoisotopic (exact) mass is 279 g/mol. The number of carbonyl (C=O) groups excluding carboxylic acids is 1. The van der Waals surface area contributed by atoms with Gasteiger partial charge in [0, 0.05) is 19.0 Å². The summed E-state index contributed by atoms with van der Waals surface area (Å²) in [7, 11) is 1.62. The summed E-state index contributed by atoms with van der Waals surface area (Å²) in [5.41, 5.74) is 0. The van der Waals surface area contributed by atoms with Gasteiger partial charge in [0.05, 0.1) is 20.3 Å². The molecule has 1 amide bonds. The second-order valence-corrected chi connectivity index (χ2v) is 4.68. The van der Waals surface area contributed by atoms with Gasteiger partial charge >= 0.3 is 0 Å². The molecule has 0 spiro atoms. The minimum atomic E-state index is -0.0783. The topological polar surface area (TPSA) is 48.0 Å². The van der Waals surface area contributed by atoms with Crippen LogP contribution in [0.25, 0.3) is 0 Å². The third-order valence-corrected chi connectivity index (χ3v) is 3.27. The second kappa shape index (κ2) is 7.14. The number of hydrogen-bond acceptors (Lipinski definition) is 4. The SMILES string of the molecule is CCC(=O)N1CCOC(COc2cccc(OC)c2)C1. The van der Waals surface area contributed by atoms with Crippen molar-refractivity contribution in [2.24, 2.45) is 0 Å². The highest BCUT2D eigenvalue weighted by Crippen LogP contribution is 2.19. The molecule has 1 aromatic carbocycles. The van der Waals surface area contributed by atoms with Gasteiger partial charge in [-0.1, -0.05) is 13.0 Å². The van der Waals surface area contributed by atoms with Crippen molar-refractivity contribution in [3.05, 3.63) is 24.3 Å². The minimum absolute atomic E-state index is 0.0783. The molecule has 1 saturated heterocycles. The number of benzene rings is 1. The summed E-state index contributed by atoms with van der Waals surface area (Å²) in [6.07, 6.45) is 0.453. The Morgan fingerprint density at radius 3 is 3.00 bits per heavy atom. The van der Waals surface area contributed by atoms with Gasteiger partial charge in [0.25, 0.3) is 0 Å². The molecule has 5 heteroatoms. The van der Waals surface area contributed by atoms with Gasteiger partial charge < -0.3 is 19.1 Å². The van der Waals surface area contributed by atoms with Crippen LogP contribution in [-0.2, 0) is 9.53 Å². The van der Waals surface area contributed by atoms with Crippen LogP contribution in [0, 0.1) is 0 Å². The maximum atomic E-state index is 11.7. The van der Waals surface area contributed by atoms with Crippen LogP contribution < -0.4 is 9.47 Å². The van der Waals surface area contributed by atoms with Crippen molar-refractivity contribution in [3.63, 3.8) is 0 Å². The predicted octanol–water partition coefficient (Wildman–Crippen LogP) is 1.71. The number of hydrogen-bond donors (Lipinski definition) is 0. The fourth-order valence-electron chi connectivity index (χ4n) is 2.15. The number of morpholine rings is 1. The first kappa shape index (κ1) is 14.7. The van der Waals surface area contributed by atoms with Crippen molar-refractivity contribution in [2.75, 3.05) is 33.4 Å². The van der Waals surface area contributed by atoms with Crippen LogP contribution in [0.1, 0.15) is 13.3 Å². The summed E-state index contributed by atoms with van der Waals surface area (Å²) in [5, 5.41) is 0. The predicted molar refractivity (Wildman–Crippen MR) is 75.1 cm³/mol. The van der Waals surface area contributed by atoms with Crippen molar-refractivity contribution >= 4 is 5.91 Å². The molecule has 0 aromatic heterocycles. The van der Waals surface area contributed by atoms with Gasteiger partial charge in [0.15, 0.2) is 0 Å². The van der Waals surface area contributed by atoms with Gasteiger partial charge in [-0.3, -0.25) is 4.79 Å². The molecule has 1 heterocycles. The lowest BCUT2D eigenvalue weighted by Crippen LogP contribution is -2.47. The van der Waals surface area contributed by atoms with Crippen molar-refractivity contribution in [1.82, 2.24) is 4.90 Å². The third-order valence-electron chi connectivity index (χ3n) is 3.27. The van der Waals surface area contributed by atoms with E-state index in [1.807, 2.05) is 36.1 Å². The molecule has 2 rings (SSSR count). The second-order valence-electron chi connectivity index (χ2n) is 4.68. The van der Waals surface area contributed by atoms with Crippen molar-refractivity contribution in [3.8, 4) is 11.5 Å². The van der Waals surface area contributed by atoms with Gasteiger partial charge in [-0.05, 0) is 12.1 Å². The maximum Gasteiger partial charge on any atom is 0.222 e. The molecule has 110 valence electrons. The van der Waals surface area contributed by atoms with E-state index in [1.165, 1.54) is 0 Å². The molecule has 1 unspecified atom stereocenters. The fraction of sp³-hybridized carbons (Fsp3) is 0.533. The summed E-state index contributed by atoms with van der Waals surface area (Å²) in [4.78, 5) is 13.5. The van der Waals surface area contributed by atoms with Crippen LogP contribution in [0.15, 0.2) is 24.3 Å². The number of rotatable bonds is 5. The molecule has 0 N–H and O–H groups in total. The first-order chi connectivity index (χ1) is 9.72. The lowest BCUT2D eigenvalue weighted by atomic mass is 10.2. The van der Waals surface area contributed by atoms with E-state index in [4.69, 9.17) is 14.2 Å². The zero-order valence-corrected chi connectivity index (χ0v) is 12.0. The highest BCUT2D eigenvalue weighted by Gasteiger charge is 2.23. The van der Waals surface area contributed by atoms with Crippen LogP contribution in [0.4, 0.5) is 0 Å². The molecule has 1 aliphatic heterocycles. The van der Waals surface area contributed by atoms with E-state index in [-0.39, 0.29) is 12.0 Å². The number of carbonyl (C=O) groups is 1. The van der Waals surface area contributed by atoms with Crippen LogP contribution in [0.3, 0.4) is 0 Å². The quantitative estimate of drug-likeness (QED) is 0.823. The molecule has 1 aromatic rings. The lowest BCUT2D eigenvalue weighted by molar-refractivity contribution is -0.139. The molecule has 0 bridgehead atoms. The van der Waals surface area contributed by atoms with Gasteiger partial charge in [-0.25, -0.2) is 0 Å². The molecule has 5 nitrogen and oxygen atoms in total. The van der Waals surface area contributed by atoms with E-state index in [1.54, 1.807) is 7.11 Å². The average Bonchev–Trinajstić information content (AvgIpc) is 2.52. The van der Waals surface area contributed by atoms with Gasteiger partial charge in [-0.2, -0.15) is 0 Å². The summed E-state index contributed by atoms with van der Waals surface area (Å²) in [5.74, 6) is 1.67. The molecule has 0 saturated carbocycles. The first-order valence-electron chi connectivity index (χ1n) is 6.89. The first-order valence-corrected chi connectivity index (χ1v) is 6.89. The highest BCUT2D eigenvalue weighted by atomic mass is 16.5. The van der Waals surface area contributed by atoms with Gasteiger partial charge in [0.1, 0.15) is 24.2 Å². The zero-order valence-electron chi connectivity index (χ0n) is 12.0. The van der Waals surface area contributed by atoms with Crippen LogP contribution in [-0.4, -0.2) is 50.3 Å². The summed E-state index contributed by atoms with van der Waals surface area (Å²) >= 11 is 0. The summed E-state index contributed by atoms with van der Waals surface area (Å²) in [6, 6.07) is 7.45. The smallest absolute Gasteiger partial charge is 0.222 e. The molecule has 20 heavy (non-hydrogen) atoms. The van der Waals surface area contributed by atoms with Crippen molar-refractivity contribution in [1.29, 1.82) is 0 Å². The molecular formula is C15H21NO4. The highest BCUT2D eigenvalue weighted by molar-refractivity contribution is 5.75. The van der Waals surface area contributed by atoms with E-state index in [2.05, 4.69) is 0 Å². The van der Waals surface area contributed by atoms with Crippen LogP contribution in [0.5, 0.6) is 11.5 Å². The Morgan fingerprint density at radius 1 is 1.45 bits per heavy atom. The van der Waals surface area contributed by atoms with Gasteiger partial charge in [0.2, 0.25) is 5.91 Å². The standard InChI is InChI=1S/C15H21NO4/c1-3-15(17)16-7-8-19-14(10-16)11-20-13-6-4-5-12(9-13)18-2/h4-6,9,14H,3,7-8,10-11H2,1-2H3. The Kier molecular flexibility index (Phi) is 5.24. The van der Waals surface area contributed by atoms with E-state index < -0.39 is 0 Å². The molecule has 0 aliphatic carbocycles. The Morgan fingerprint density at radius 2 is 2.25 bits per heavy atom. The Balaban J connectivity index is 1.85. The molecule has 1 atom stereocenters. The Labute approximate surface area is 119 Å². The maximum absolute atomic E-state index is 11.7. The lowest BCUT2D eigenvalue weighted by Gasteiger charge is -2.32. The van der Waals surface area contributed by atoms with E-state index >= 15 is 0 Å². The van der Waals surface area contributed by atoms with E-state index in [0.29, 0.717) is 32.7 Å². The summed E-state index contributed by atoms with van der Waals surface area (Å²) in [6.45, 7) is 4.14.